The van der Waals surface area contributed by atoms with Gasteiger partial charge in [-0.05, 0) is 54.6 Å². The summed E-state index contributed by atoms with van der Waals surface area (Å²) in [6, 6.07) is 18.3. The lowest BCUT2D eigenvalue weighted by Crippen LogP contribution is -2.36. The highest BCUT2D eigenvalue weighted by molar-refractivity contribution is 6.31. The zero-order valence-corrected chi connectivity index (χ0v) is 18.4. The quantitative estimate of drug-likeness (QED) is 0.457. The zero-order valence-electron chi connectivity index (χ0n) is 16.9. The molecule has 7 heteroatoms. The van der Waals surface area contributed by atoms with Crippen molar-refractivity contribution in [3.8, 4) is 5.75 Å². The first-order valence-electron chi connectivity index (χ1n) is 10.1. The minimum absolute atomic E-state index is 0.0361. The van der Waals surface area contributed by atoms with Crippen LogP contribution in [-0.4, -0.2) is 26.3 Å². The van der Waals surface area contributed by atoms with E-state index >= 15 is 0 Å². The van der Waals surface area contributed by atoms with Gasteiger partial charge in [0.15, 0.2) is 0 Å². The number of halogens is 3. The Labute approximate surface area is 191 Å². The third kappa shape index (κ3) is 5.62. The maximum absolute atomic E-state index is 14.0. The topological polar surface area (TPSA) is 33.7 Å². The molecule has 3 aromatic carbocycles. The molecular formula is C24H23Cl2FN2O2. The molecule has 0 atom stereocenters. The van der Waals surface area contributed by atoms with E-state index in [4.69, 9.17) is 32.7 Å². The summed E-state index contributed by atoms with van der Waals surface area (Å²) < 4.78 is 25.3. The molecule has 1 aliphatic heterocycles. The van der Waals surface area contributed by atoms with Crippen LogP contribution in [0.5, 0.6) is 5.75 Å². The molecule has 3 aromatic rings. The van der Waals surface area contributed by atoms with E-state index < -0.39 is 0 Å². The first kappa shape index (κ1) is 21.8. The van der Waals surface area contributed by atoms with Crippen LogP contribution in [0.1, 0.15) is 11.1 Å². The maximum atomic E-state index is 14.0. The number of morpholine rings is 1. The first-order valence-corrected chi connectivity index (χ1v) is 10.9. The molecule has 0 unspecified atom stereocenters. The van der Waals surface area contributed by atoms with Gasteiger partial charge in [0.2, 0.25) is 0 Å². The number of nitrogens with one attached hydrogen (secondary N) is 1. The van der Waals surface area contributed by atoms with Gasteiger partial charge < -0.3 is 19.7 Å². The molecule has 31 heavy (non-hydrogen) atoms. The van der Waals surface area contributed by atoms with Gasteiger partial charge in [0.25, 0.3) is 0 Å². The average Bonchev–Trinajstić information content (AvgIpc) is 2.79. The van der Waals surface area contributed by atoms with Gasteiger partial charge in [0.05, 0.1) is 18.2 Å². The second kappa shape index (κ2) is 10.2. The van der Waals surface area contributed by atoms with E-state index in [1.807, 2.05) is 6.07 Å². The fourth-order valence-electron chi connectivity index (χ4n) is 3.46. The summed E-state index contributed by atoms with van der Waals surface area (Å²) >= 11 is 12.3. The second-order valence-electron chi connectivity index (χ2n) is 7.24. The van der Waals surface area contributed by atoms with Crippen molar-refractivity contribution in [2.45, 2.75) is 13.2 Å². The molecule has 0 spiro atoms. The Hall–Kier alpha value is -2.47. The van der Waals surface area contributed by atoms with Gasteiger partial charge in [-0.25, -0.2) is 4.39 Å². The molecule has 0 aliphatic carbocycles. The minimum Gasteiger partial charge on any atom is -0.488 e. The molecule has 1 fully saturated rings. The molecule has 0 radical (unpaired) electrons. The second-order valence-corrected chi connectivity index (χ2v) is 8.08. The van der Waals surface area contributed by atoms with E-state index in [0.717, 1.165) is 37.6 Å². The number of hydrogen-bond acceptors (Lipinski definition) is 4. The lowest BCUT2D eigenvalue weighted by molar-refractivity contribution is 0.122. The van der Waals surface area contributed by atoms with Crippen LogP contribution in [0, 0.1) is 5.82 Å². The third-order valence-corrected chi connectivity index (χ3v) is 5.77. The van der Waals surface area contributed by atoms with Gasteiger partial charge >= 0.3 is 0 Å². The fourth-order valence-corrected chi connectivity index (χ4v) is 3.87. The molecule has 1 N–H and O–H groups in total. The van der Waals surface area contributed by atoms with Gasteiger partial charge in [-0.15, -0.1) is 0 Å². The molecule has 0 bridgehead atoms. The predicted molar refractivity (Wildman–Crippen MR) is 124 cm³/mol. The Bertz CT molecular complexity index is 1000. The van der Waals surface area contributed by atoms with Crippen molar-refractivity contribution in [1.82, 2.24) is 0 Å². The number of rotatable bonds is 7. The molecule has 1 heterocycles. The summed E-state index contributed by atoms with van der Waals surface area (Å²) in [5.41, 5.74) is 3.37. The van der Waals surface area contributed by atoms with Crippen molar-refractivity contribution in [2.75, 3.05) is 36.5 Å². The summed E-state index contributed by atoms with van der Waals surface area (Å²) in [7, 11) is 0. The van der Waals surface area contributed by atoms with Gasteiger partial charge in [0, 0.05) is 47.2 Å². The number of ether oxygens (including phenoxy) is 2. The van der Waals surface area contributed by atoms with E-state index in [1.165, 1.54) is 11.8 Å². The van der Waals surface area contributed by atoms with E-state index in [-0.39, 0.29) is 12.4 Å². The molecular weight excluding hydrogens is 438 g/mol. The van der Waals surface area contributed by atoms with Crippen LogP contribution < -0.4 is 15.0 Å². The molecule has 0 amide bonds. The number of anilines is 2. The third-order valence-electron chi connectivity index (χ3n) is 5.18. The summed E-state index contributed by atoms with van der Waals surface area (Å²) in [6.07, 6.45) is 0. The van der Waals surface area contributed by atoms with Crippen molar-refractivity contribution in [3.05, 3.63) is 87.7 Å². The van der Waals surface area contributed by atoms with Gasteiger partial charge in [-0.3, -0.25) is 0 Å². The number of benzene rings is 3. The largest absolute Gasteiger partial charge is 0.488 e. The molecule has 4 nitrogen and oxygen atoms in total. The summed E-state index contributed by atoms with van der Waals surface area (Å²) in [5, 5.41) is 4.35. The highest BCUT2D eigenvalue weighted by atomic mass is 35.5. The van der Waals surface area contributed by atoms with Crippen molar-refractivity contribution >= 4 is 34.6 Å². The van der Waals surface area contributed by atoms with E-state index in [0.29, 0.717) is 27.9 Å². The standard InChI is InChI=1S/C24H23Cl2FN2O2/c25-18-4-9-24(31-16-21-22(26)2-1-3-23(21)27)17(14-18)15-28-19-5-7-20(8-6-19)29-10-12-30-13-11-29/h1-9,14,28H,10-13,15-16H2. The lowest BCUT2D eigenvalue weighted by Gasteiger charge is -2.29. The van der Waals surface area contributed by atoms with E-state index in [2.05, 4.69) is 34.5 Å². The fraction of sp³-hybridized carbons (Fsp3) is 0.250. The van der Waals surface area contributed by atoms with Crippen molar-refractivity contribution < 1.29 is 13.9 Å². The van der Waals surface area contributed by atoms with Crippen LogP contribution in [0.4, 0.5) is 15.8 Å². The summed E-state index contributed by atoms with van der Waals surface area (Å²) in [4.78, 5) is 2.31. The molecule has 4 rings (SSSR count). The zero-order chi connectivity index (χ0) is 21.6. The predicted octanol–water partition coefficient (Wildman–Crippen LogP) is 6.16. The summed E-state index contributed by atoms with van der Waals surface area (Å²) in [5.74, 6) is 0.239. The lowest BCUT2D eigenvalue weighted by atomic mass is 10.1. The SMILES string of the molecule is Fc1cccc(Cl)c1COc1ccc(Cl)cc1CNc1ccc(N2CCOCC2)cc1. The monoisotopic (exact) mass is 460 g/mol. The molecule has 162 valence electrons. The van der Waals surface area contributed by atoms with Gasteiger partial charge in [-0.2, -0.15) is 0 Å². The van der Waals surface area contributed by atoms with Crippen LogP contribution >= 0.6 is 23.2 Å². The molecule has 0 aromatic heterocycles. The molecule has 1 saturated heterocycles. The van der Waals surface area contributed by atoms with E-state index in [9.17, 15) is 4.39 Å². The highest BCUT2D eigenvalue weighted by Crippen LogP contribution is 2.27. The minimum atomic E-state index is -0.388. The Morgan fingerprint density at radius 2 is 1.77 bits per heavy atom. The Morgan fingerprint density at radius 1 is 1.00 bits per heavy atom. The summed E-state index contributed by atoms with van der Waals surface area (Å²) in [6.45, 7) is 3.88. The Kier molecular flexibility index (Phi) is 7.17. The van der Waals surface area contributed by atoms with Crippen LogP contribution in [0.3, 0.4) is 0 Å². The Balaban J connectivity index is 1.42. The normalized spacial score (nSPS) is 13.8. The van der Waals surface area contributed by atoms with Crippen LogP contribution in [0.25, 0.3) is 0 Å². The van der Waals surface area contributed by atoms with Crippen LogP contribution in [-0.2, 0) is 17.9 Å². The van der Waals surface area contributed by atoms with Crippen LogP contribution in [0.2, 0.25) is 10.0 Å². The van der Waals surface area contributed by atoms with Gasteiger partial charge in [-0.1, -0.05) is 29.3 Å². The van der Waals surface area contributed by atoms with Gasteiger partial charge in [0.1, 0.15) is 18.2 Å². The smallest absolute Gasteiger partial charge is 0.131 e. The first-order chi connectivity index (χ1) is 15.1. The number of hydrogen-bond donors (Lipinski definition) is 1. The Morgan fingerprint density at radius 3 is 2.52 bits per heavy atom. The van der Waals surface area contributed by atoms with E-state index in [1.54, 1.807) is 24.3 Å². The van der Waals surface area contributed by atoms with Crippen LogP contribution in [0.15, 0.2) is 60.7 Å². The molecule has 0 saturated carbocycles. The van der Waals surface area contributed by atoms with Crippen molar-refractivity contribution in [3.63, 3.8) is 0 Å². The number of nitrogens with zero attached hydrogens (tertiary/aromatic N) is 1. The maximum Gasteiger partial charge on any atom is 0.131 e. The average molecular weight is 461 g/mol. The van der Waals surface area contributed by atoms with Crippen molar-refractivity contribution in [1.29, 1.82) is 0 Å². The highest BCUT2D eigenvalue weighted by Gasteiger charge is 2.12. The van der Waals surface area contributed by atoms with Crippen molar-refractivity contribution in [2.24, 2.45) is 0 Å². The molecule has 1 aliphatic rings.